The Morgan fingerprint density at radius 3 is 1.16 bits per heavy atom. The molecule has 0 radical (unpaired) electrons. The molecular weight excluding hydrogens is 895 g/mol. The van der Waals surface area contributed by atoms with Crippen molar-refractivity contribution in [2.75, 3.05) is 5.32 Å². The van der Waals surface area contributed by atoms with Crippen LogP contribution in [-0.2, 0) is 24.7 Å². The SMILES string of the molecule is Cl.FC(F)(F)c1cc(Cl)cc(C(F)(F)F)n1.NC1CCC(NC(=O)c2ccccc2)CC1.O=C(NC1CCC(Nc2cc(C(F)(F)F)nc(C(F)(F)F)c2)CC1)c1ccccc1. The second-order valence-electron chi connectivity index (χ2n) is 14.2. The van der Waals surface area contributed by atoms with E-state index in [0.717, 1.165) is 31.2 Å². The van der Waals surface area contributed by atoms with Gasteiger partial charge in [0.2, 0.25) is 0 Å². The van der Waals surface area contributed by atoms with Crippen LogP contribution in [0.4, 0.5) is 58.4 Å². The third kappa shape index (κ3) is 16.5. The van der Waals surface area contributed by atoms with E-state index >= 15 is 0 Å². The summed E-state index contributed by atoms with van der Waals surface area (Å²) in [5.41, 5.74) is 0.289. The summed E-state index contributed by atoms with van der Waals surface area (Å²) in [6.07, 6.45) is -13.8. The van der Waals surface area contributed by atoms with E-state index in [1.165, 1.54) is 0 Å². The standard InChI is InChI=1S/C20H19F6N3O.C13H18N2O.C7H2ClF6N.ClH/c21-19(22,23)16-10-15(11-17(29-16)20(24,25)26)27-13-6-8-14(9-7-13)28-18(30)12-4-2-1-3-5-12;14-11-6-8-12(9-7-11)15-13(16)10-4-2-1-3-5-10;8-3-1-4(6(9,10)11)15-5(2-3)7(12,13)14;/h1-5,10-11,13-14H,6-9H2,(H,27,29)(H,28,30);1-5,11-12H,6-9,14H2,(H,15,16);1-2H;1H. The smallest absolute Gasteiger partial charge is 0.382 e. The first-order valence-corrected chi connectivity index (χ1v) is 19.0. The van der Waals surface area contributed by atoms with Gasteiger partial charge in [-0.3, -0.25) is 9.59 Å². The molecule has 2 aliphatic carbocycles. The van der Waals surface area contributed by atoms with Crippen LogP contribution >= 0.6 is 24.0 Å². The Bertz CT molecular complexity index is 1970. The Morgan fingerprint density at radius 2 is 0.823 bits per heavy atom. The molecule has 6 rings (SSSR count). The molecule has 62 heavy (non-hydrogen) atoms. The molecule has 2 fully saturated rings. The number of hydrogen-bond acceptors (Lipinski definition) is 6. The predicted octanol–water partition coefficient (Wildman–Crippen LogP) is 11.2. The number of rotatable bonds is 6. The number of carbonyl (C=O) groups excluding carboxylic acids is 2. The van der Waals surface area contributed by atoms with Crippen LogP contribution in [0.15, 0.2) is 84.9 Å². The lowest BCUT2D eigenvalue weighted by atomic mass is 9.90. The normalized spacial score (nSPS) is 19.3. The molecular formula is C40H40Cl2F12N6O2. The second kappa shape index (κ2) is 22.0. The van der Waals surface area contributed by atoms with E-state index in [-0.39, 0.29) is 42.0 Å². The van der Waals surface area contributed by atoms with Gasteiger partial charge in [0, 0.05) is 46.0 Å². The third-order valence-electron chi connectivity index (χ3n) is 9.39. The molecule has 2 aromatic heterocycles. The van der Waals surface area contributed by atoms with Crippen molar-refractivity contribution >= 4 is 41.5 Å². The van der Waals surface area contributed by atoms with Crippen LogP contribution in [0.1, 0.15) is 94.9 Å². The average Bonchev–Trinajstić information content (AvgIpc) is 3.19. The van der Waals surface area contributed by atoms with Gasteiger partial charge in [0.25, 0.3) is 11.8 Å². The van der Waals surface area contributed by atoms with Crippen molar-refractivity contribution in [3.05, 3.63) is 124 Å². The molecule has 0 saturated heterocycles. The molecule has 340 valence electrons. The first-order valence-electron chi connectivity index (χ1n) is 18.6. The van der Waals surface area contributed by atoms with E-state index in [0.29, 0.717) is 67.6 Å². The first-order chi connectivity index (χ1) is 28.4. The molecule has 0 bridgehead atoms. The molecule has 0 unspecified atom stereocenters. The Hall–Kier alpha value is -4.82. The number of nitrogens with two attached hydrogens (primary N) is 1. The fraction of sp³-hybridized carbons (Fsp3) is 0.400. The van der Waals surface area contributed by atoms with Gasteiger partial charge in [0.1, 0.15) is 22.8 Å². The van der Waals surface area contributed by atoms with Crippen LogP contribution in [-0.4, -0.2) is 45.9 Å². The molecule has 2 aliphatic rings. The minimum atomic E-state index is -4.99. The van der Waals surface area contributed by atoms with Gasteiger partial charge in [-0.05, 0) is 99.9 Å². The van der Waals surface area contributed by atoms with Crippen molar-refractivity contribution < 1.29 is 62.3 Å². The number of anilines is 1. The van der Waals surface area contributed by atoms with Crippen LogP contribution in [0.25, 0.3) is 0 Å². The van der Waals surface area contributed by atoms with Gasteiger partial charge in [-0.25, -0.2) is 9.97 Å². The zero-order valence-corrected chi connectivity index (χ0v) is 33.7. The summed E-state index contributed by atoms with van der Waals surface area (Å²) in [4.78, 5) is 29.2. The summed E-state index contributed by atoms with van der Waals surface area (Å²) in [5, 5.41) is 8.06. The van der Waals surface area contributed by atoms with Crippen LogP contribution in [0.5, 0.6) is 0 Å². The van der Waals surface area contributed by atoms with E-state index in [1.807, 2.05) is 30.3 Å². The molecule has 2 aromatic carbocycles. The molecule has 0 atom stereocenters. The maximum atomic E-state index is 12.9. The number of halogens is 14. The van der Waals surface area contributed by atoms with Crippen molar-refractivity contribution in [2.24, 2.45) is 5.73 Å². The van der Waals surface area contributed by atoms with Crippen molar-refractivity contribution in [2.45, 2.75) is 100 Å². The molecule has 8 nitrogen and oxygen atoms in total. The van der Waals surface area contributed by atoms with Crippen LogP contribution in [0.3, 0.4) is 0 Å². The fourth-order valence-corrected chi connectivity index (χ4v) is 6.50. The third-order valence-corrected chi connectivity index (χ3v) is 9.61. The number of pyridine rings is 2. The largest absolute Gasteiger partial charge is 0.433 e. The summed E-state index contributed by atoms with van der Waals surface area (Å²) in [5.74, 6) is -0.188. The highest BCUT2D eigenvalue weighted by molar-refractivity contribution is 6.30. The molecule has 2 heterocycles. The highest BCUT2D eigenvalue weighted by atomic mass is 35.5. The van der Waals surface area contributed by atoms with E-state index in [4.69, 9.17) is 17.3 Å². The Balaban J connectivity index is 0.000000270. The predicted molar refractivity (Wildman–Crippen MR) is 208 cm³/mol. The van der Waals surface area contributed by atoms with Gasteiger partial charge in [0.15, 0.2) is 0 Å². The number of hydrogen-bond donors (Lipinski definition) is 4. The molecule has 22 heteroatoms. The van der Waals surface area contributed by atoms with Crippen molar-refractivity contribution in [1.29, 1.82) is 0 Å². The molecule has 5 N–H and O–H groups in total. The monoisotopic (exact) mass is 934 g/mol. The Morgan fingerprint density at radius 1 is 0.516 bits per heavy atom. The lowest BCUT2D eigenvalue weighted by Crippen LogP contribution is -2.40. The number of amides is 2. The number of nitrogens with zero attached hydrogens (tertiary/aromatic N) is 2. The number of carbonyl (C=O) groups is 2. The fourth-order valence-electron chi connectivity index (χ4n) is 6.29. The van der Waals surface area contributed by atoms with Crippen LogP contribution in [0, 0.1) is 0 Å². The van der Waals surface area contributed by atoms with Gasteiger partial charge >= 0.3 is 24.7 Å². The lowest BCUT2D eigenvalue weighted by Gasteiger charge is -2.30. The first kappa shape index (κ1) is 51.5. The van der Waals surface area contributed by atoms with E-state index in [1.54, 1.807) is 30.3 Å². The molecule has 4 aromatic rings. The number of benzene rings is 2. The summed E-state index contributed by atoms with van der Waals surface area (Å²) in [6.45, 7) is 0. The number of aromatic nitrogens is 2. The van der Waals surface area contributed by atoms with Gasteiger partial charge in [0.05, 0.1) is 0 Å². The van der Waals surface area contributed by atoms with Gasteiger partial charge < -0.3 is 21.7 Å². The summed E-state index contributed by atoms with van der Waals surface area (Å²) in [7, 11) is 0. The van der Waals surface area contributed by atoms with Crippen molar-refractivity contribution in [3.8, 4) is 0 Å². The molecule has 0 spiro atoms. The molecule has 2 saturated carbocycles. The average molecular weight is 936 g/mol. The zero-order valence-electron chi connectivity index (χ0n) is 32.2. The highest BCUT2D eigenvalue weighted by Crippen LogP contribution is 2.37. The Labute approximate surface area is 358 Å². The lowest BCUT2D eigenvalue weighted by molar-refractivity contribution is -0.151. The van der Waals surface area contributed by atoms with Crippen molar-refractivity contribution in [1.82, 2.24) is 20.6 Å². The summed E-state index contributed by atoms with van der Waals surface area (Å²) >= 11 is 5.12. The summed E-state index contributed by atoms with van der Waals surface area (Å²) < 4.78 is 150. The van der Waals surface area contributed by atoms with Gasteiger partial charge in [-0.15, -0.1) is 12.4 Å². The highest BCUT2D eigenvalue weighted by Gasteiger charge is 2.40. The Kier molecular flexibility index (Phi) is 18.3. The van der Waals surface area contributed by atoms with E-state index < -0.39 is 52.5 Å². The van der Waals surface area contributed by atoms with Crippen molar-refractivity contribution in [3.63, 3.8) is 0 Å². The summed E-state index contributed by atoms with van der Waals surface area (Å²) in [6, 6.07) is 20.0. The molecule has 2 amide bonds. The van der Waals surface area contributed by atoms with E-state index in [9.17, 15) is 62.3 Å². The minimum absolute atomic E-state index is 0. The number of alkyl halides is 12. The quantitative estimate of drug-likeness (QED) is 0.143. The minimum Gasteiger partial charge on any atom is -0.382 e. The van der Waals surface area contributed by atoms with Crippen LogP contribution in [0.2, 0.25) is 5.02 Å². The second-order valence-corrected chi connectivity index (χ2v) is 14.6. The number of nitrogens with one attached hydrogen (secondary N) is 3. The molecule has 0 aliphatic heterocycles. The van der Waals surface area contributed by atoms with Crippen LogP contribution < -0.4 is 21.7 Å². The topological polar surface area (TPSA) is 122 Å². The van der Waals surface area contributed by atoms with Gasteiger partial charge in [-0.2, -0.15) is 52.7 Å². The zero-order chi connectivity index (χ0) is 45.2. The maximum Gasteiger partial charge on any atom is 0.433 e. The van der Waals surface area contributed by atoms with Gasteiger partial charge in [-0.1, -0.05) is 48.0 Å². The maximum absolute atomic E-state index is 12.9. The van der Waals surface area contributed by atoms with E-state index in [2.05, 4.69) is 25.9 Å².